The van der Waals surface area contributed by atoms with Crippen LogP contribution >= 0.6 is 0 Å². The third-order valence-electron chi connectivity index (χ3n) is 3.32. The van der Waals surface area contributed by atoms with Gasteiger partial charge < -0.3 is 14.1 Å². The normalized spacial score (nSPS) is 17.1. The molecule has 1 aliphatic heterocycles. The average Bonchev–Trinajstić information content (AvgIpc) is 3.18. The molecule has 0 fully saturated rings. The molecule has 0 N–H and O–H groups in total. The first-order valence-corrected chi connectivity index (χ1v) is 6.67. The number of ether oxygens (including phenoxy) is 1. The highest BCUT2D eigenvalue weighted by Crippen LogP contribution is 2.24. The molecule has 1 radical (unpaired) electrons. The van der Waals surface area contributed by atoms with E-state index in [0.717, 1.165) is 30.1 Å². The summed E-state index contributed by atoms with van der Waals surface area (Å²) in [4.78, 5) is 10.4. The van der Waals surface area contributed by atoms with Gasteiger partial charge in [0.15, 0.2) is 12.2 Å². The Hall–Kier alpha value is -2.30. The summed E-state index contributed by atoms with van der Waals surface area (Å²) in [5, 5.41) is 0. The topological polar surface area (TPSA) is 50.9 Å². The number of likely N-dealkylation sites (N-methyl/N-ethyl adjacent to an activating group) is 1. The molecule has 2 aromatic rings. The van der Waals surface area contributed by atoms with Gasteiger partial charge in [0.1, 0.15) is 12.6 Å². The Bertz CT molecular complexity index is 581. The molecule has 103 valence electrons. The van der Waals surface area contributed by atoms with E-state index < -0.39 is 0 Å². The third kappa shape index (κ3) is 2.66. The molecule has 0 spiro atoms. The zero-order valence-electron chi connectivity index (χ0n) is 11.3. The van der Waals surface area contributed by atoms with Crippen LogP contribution in [0.25, 0.3) is 11.3 Å². The SMILES string of the molecule is CCN(CC1CO[C]=N1)c1cccc(-c2cnco2)c1. The number of anilines is 1. The molecular weight excluding hydrogens is 254 g/mol. The quantitative estimate of drug-likeness (QED) is 0.837. The summed E-state index contributed by atoms with van der Waals surface area (Å²) in [7, 11) is 0. The minimum atomic E-state index is 0.156. The highest BCUT2D eigenvalue weighted by molar-refractivity contribution is 5.64. The number of hydrogen-bond donors (Lipinski definition) is 0. The van der Waals surface area contributed by atoms with E-state index in [0.29, 0.717) is 6.61 Å². The lowest BCUT2D eigenvalue weighted by Crippen LogP contribution is -2.32. The van der Waals surface area contributed by atoms with Crippen molar-refractivity contribution < 1.29 is 9.15 Å². The van der Waals surface area contributed by atoms with E-state index in [1.165, 1.54) is 6.39 Å². The molecule has 3 rings (SSSR count). The smallest absolute Gasteiger partial charge is 0.273 e. The van der Waals surface area contributed by atoms with Crippen molar-refractivity contribution >= 4 is 12.1 Å². The van der Waals surface area contributed by atoms with Gasteiger partial charge in [-0.1, -0.05) is 12.1 Å². The van der Waals surface area contributed by atoms with Gasteiger partial charge in [-0.25, -0.2) is 9.98 Å². The molecule has 1 aliphatic rings. The Balaban J connectivity index is 1.80. The molecule has 5 nitrogen and oxygen atoms in total. The zero-order valence-corrected chi connectivity index (χ0v) is 11.3. The number of oxazole rings is 1. The maximum atomic E-state index is 5.34. The van der Waals surface area contributed by atoms with Crippen LogP contribution in [-0.2, 0) is 4.74 Å². The summed E-state index contributed by atoms with van der Waals surface area (Å²) in [5.74, 6) is 0.776. The predicted octanol–water partition coefficient (Wildman–Crippen LogP) is 2.47. The maximum Gasteiger partial charge on any atom is 0.273 e. The summed E-state index contributed by atoms with van der Waals surface area (Å²) in [6, 6.07) is 8.39. The molecule has 1 aromatic heterocycles. The second-order valence-corrected chi connectivity index (χ2v) is 4.64. The van der Waals surface area contributed by atoms with Crippen LogP contribution in [0.4, 0.5) is 5.69 Å². The standard InChI is InChI=1S/C15H16N3O2/c1-2-18(8-13-9-19-11-17-13)14-5-3-4-12(6-14)15-7-16-10-20-15/h3-7,10,13H,2,8-9H2,1H3. The predicted molar refractivity (Wildman–Crippen MR) is 77.0 cm³/mol. The number of hydrogen-bond acceptors (Lipinski definition) is 5. The monoisotopic (exact) mass is 270 g/mol. The van der Waals surface area contributed by atoms with E-state index in [2.05, 4.69) is 40.3 Å². The highest BCUT2D eigenvalue weighted by Gasteiger charge is 2.17. The van der Waals surface area contributed by atoms with Gasteiger partial charge in [-0.2, -0.15) is 0 Å². The van der Waals surface area contributed by atoms with E-state index >= 15 is 0 Å². The Morgan fingerprint density at radius 3 is 3.10 bits per heavy atom. The summed E-state index contributed by atoms with van der Waals surface area (Å²) < 4.78 is 10.4. The molecule has 1 unspecified atom stereocenters. The van der Waals surface area contributed by atoms with E-state index in [1.807, 2.05) is 12.1 Å². The van der Waals surface area contributed by atoms with E-state index in [9.17, 15) is 0 Å². The van der Waals surface area contributed by atoms with Crippen LogP contribution in [0.15, 0.2) is 46.3 Å². The Morgan fingerprint density at radius 1 is 1.45 bits per heavy atom. The van der Waals surface area contributed by atoms with Crippen LogP contribution in [-0.4, -0.2) is 37.1 Å². The summed E-state index contributed by atoms with van der Waals surface area (Å²) in [5.41, 5.74) is 2.17. The molecule has 0 saturated heterocycles. The number of nitrogens with zero attached hydrogens (tertiary/aromatic N) is 3. The minimum absolute atomic E-state index is 0.156. The van der Waals surface area contributed by atoms with Crippen molar-refractivity contribution in [2.45, 2.75) is 13.0 Å². The second kappa shape index (κ2) is 5.77. The Labute approximate surface area is 117 Å². The van der Waals surface area contributed by atoms with Crippen LogP contribution in [0.5, 0.6) is 0 Å². The van der Waals surface area contributed by atoms with Crippen LogP contribution in [0, 0.1) is 0 Å². The third-order valence-corrected chi connectivity index (χ3v) is 3.32. The lowest BCUT2D eigenvalue weighted by atomic mass is 10.1. The summed E-state index contributed by atoms with van der Waals surface area (Å²) in [6.07, 6.45) is 5.73. The lowest BCUT2D eigenvalue weighted by molar-refractivity contribution is 0.328. The van der Waals surface area contributed by atoms with Gasteiger partial charge in [-0.3, -0.25) is 0 Å². The van der Waals surface area contributed by atoms with E-state index in [1.54, 1.807) is 6.20 Å². The lowest BCUT2D eigenvalue weighted by Gasteiger charge is -2.25. The number of aliphatic imine (C=N–C) groups is 1. The first-order chi connectivity index (χ1) is 9.86. The molecule has 20 heavy (non-hydrogen) atoms. The second-order valence-electron chi connectivity index (χ2n) is 4.64. The fourth-order valence-corrected chi connectivity index (χ4v) is 2.26. The molecule has 0 amide bonds. The first kappa shape index (κ1) is 12.7. The maximum absolute atomic E-state index is 5.34. The van der Waals surface area contributed by atoms with E-state index in [-0.39, 0.29) is 6.04 Å². The van der Waals surface area contributed by atoms with Gasteiger partial charge in [0, 0.05) is 24.3 Å². The average molecular weight is 270 g/mol. The highest BCUT2D eigenvalue weighted by atomic mass is 16.5. The van der Waals surface area contributed by atoms with Crippen molar-refractivity contribution in [3.63, 3.8) is 0 Å². The first-order valence-electron chi connectivity index (χ1n) is 6.67. The van der Waals surface area contributed by atoms with Gasteiger partial charge in [0.2, 0.25) is 0 Å². The number of aromatic nitrogens is 1. The van der Waals surface area contributed by atoms with Gasteiger partial charge in [-0.15, -0.1) is 0 Å². The van der Waals surface area contributed by atoms with Crippen molar-refractivity contribution in [3.8, 4) is 11.3 Å². The molecular formula is C15H16N3O2. The van der Waals surface area contributed by atoms with Crippen molar-refractivity contribution in [1.82, 2.24) is 4.98 Å². The molecule has 0 saturated carbocycles. The van der Waals surface area contributed by atoms with Crippen LogP contribution in [0.1, 0.15) is 6.92 Å². The Kier molecular flexibility index (Phi) is 3.67. The Morgan fingerprint density at radius 2 is 2.40 bits per heavy atom. The number of benzene rings is 1. The fourth-order valence-electron chi connectivity index (χ4n) is 2.26. The summed E-state index contributed by atoms with van der Waals surface area (Å²) in [6.45, 7) is 4.47. The van der Waals surface area contributed by atoms with Gasteiger partial charge >= 0.3 is 0 Å². The summed E-state index contributed by atoms with van der Waals surface area (Å²) >= 11 is 0. The van der Waals surface area contributed by atoms with Gasteiger partial charge in [-0.05, 0) is 19.1 Å². The molecule has 1 atom stereocenters. The van der Waals surface area contributed by atoms with E-state index in [4.69, 9.17) is 9.15 Å². The largest absolute Gasteiger partial charge is 0.472 e. The minimum Gasteiger partial charge on any atom is -0.472 e. The van der Waals surface area contributed by atoms with Crippen molar-refractivity contribution in [1.29, 1.82) is 0 Å². The van der Waals surface area contributed by atoms with Crippen LogP contribution in [0.3, 0.4) is 0 Å². The number of rotatable bonds is 5. The van der Waals surface area contributed by atoms with Crippen LogP contribution < -0.4 is 4.90 Å². The molecule has 1 aromatic carbocycles. The van der Waals surface area contributed by atoms with Crippen molar-refractivity contribution in [2.24, 2.45) is 4.99 Å². The van der Waals surface area contributed by atoms with Gasteiger partial charge in [0.25, 0.3) is 6.40 Å². The molecule has 2 heterocycles. The molecule has 0 bridgehead atoms. The molecule has 0 aliphatic carbocycles. The fraction of sp³-hybridized carbons (Fsp3) is 0.333. The molecule has 5 heteroatoms. The van der Waals surface area contributed by atoms with Crippen molar-refractivity contribution in [2.75, 3.05) is 24.6 Å². The van der Waals surface area contributed by atoms with Gasteiger partial charge in [0.05, 0.1) is 6.20 Å². The van der Waals surface area contributed by atoms with Crippen LogP contribution in [0.2, 0.25) is 0 Å². The van der Waals surface area contributed by atoms with Crippen molar-refractivity contribution in [3.05, 3.63) is 36.9 Å². The zero-order chi connectivity index (χ0) is 13.8.